The first-order valence-electron chi connectivity index (χ1n) is 6.54. The highest BCUT2D eigenvalue weighted by Crippen LogP contribution is 2.19. The van der Waals surface area contributed by atoms with Gasteiger partial charge >= 0.3 is 0 Å². The van der Waals surface area contributed by atoms with Gasteiger partial charge < -0.3 is 4.90 Å². The molecule has 0 aliphatic carbocycles. The summed E-state index contributed by atoms with van der Waals surface area (Å²) in [5.74, 6) is 0. The highest BCUT2D eigenvalue weighted by atomic mass is 16.1. The van der Waals surface area contributed by atoms with E-state index in [0.717, 1.165) is 24.8 Å². The molecule has 0 aliphatic heterocycles. The Bertz CT molecular complexity index is 331. The van der Waals surface area contributed by atoms with E-state index >= 15 is 0 Å². The summed E-state index contributed by atoms with van der Waals surface area (Å²) in [6.07, 6.45) is 4.45. The maximum absolute atomic E-state index is 10.6. The van der Waals surface area contributed by atoms with Gasteiger partial charge in [-0.1, -0.05) is 20.3 Å². The highest BCUT2D eigenvalue weighted by molar-refractivity contribution is 5.75. The fourth-order valence-corrected chi connectivity index (χ4v) is 1.90. The predicted octanol–water partition coefficient (Wildman–Crippen LogP) is 3.90. The van der Waals surface area contributed by atoms with E-state index in [-0.39, 0.29) is 0 Å². The van der Waals surface area contributed by atoms with Gasteiger partial charge in [-0.05, 0) is 44.0 Å². The summed E-state index contributed by atoms with van der Waals surface area (Å²) >= 11 is 0. The van der Waals surface area contributed by atoms with Gasteiger partial charge in [0.1, 0.15) is 6.29 Å². The molecule has 1 rings (SSSR count). The fraction of sp³-hybridized carbons (Fsp3) is 0.533. The highest BCUT2D eigenvalue weighted by Gasteiger charge is 2.11. The van der Waals surface area contributed by atoms with Crippen molar-refractivity contribution in [1.82, 2.24) is 0 Å². The van der Waals surface area contributed by atoms with E-state index < -0.39 is 0 Å². The lowest BCUT2D eigenvalue weighted by Gasteiger charge is -2.31. The number of carbonyl (C=O) groups excluding carboxylic acids is 1. The lowest BCUT2D eigenvalue weighted by atomic mass is 10.1. The molecule has 0 radical (unpaired) electrons. The molecule has 1 aromatic carbocycles. The van der Waals surface area contributed by atoms with E-state index in [1.165, 1.54) is 18.5 Å². The number of hydrogen-bond donors (Lipinski definition) is 0. The van der Waals surface area contributed by atoms with E-state index in [4.69, 9.17) is 0 Å². The predicted molar refractivity (Wildman–Crippen MR) is 73.8 cm³/mol. The monoisotopic (exact) mass is 233 g/mol. The molecular weight excluding hydrogens is 210 g/mol. The number of rotatable bonds is 7. The summed E-state index contributed by atoms with van der Waals surface area (Å²) in [4.78, 5) is 13.1. The second-order valence-corrected chi connectivity index (χ2v) is 4.51. The molecule has 17 heavy (non-hydrogen) atoms. The Morgan fingerprint density at radius 2 is 1.88 bits per heavy atom. The molecule has 0 amide bonds. The zero-order chi connectivity index (χ0) is 12.7. The third kappa shape index (κ3) is 3.88. The van der Waals surface area contributed by atoms with Crippen LogP contribution in [0.25, 0.3) is 0 Å². The summed E-state index contributed by atoms with van der Waals surface area (Å²) in [5, 5.41) is 0. The van der Waals surface area contributed by atoms with Crippen LogP contribution in [0.5, 0.6) is 0 Å². The van der Waals surface area contributed by atoms with Crippen LogP contribution < -0.4 is 4.90 Å². The minimum Gasteiger partial charge on any atom is -0.369 e. The largest absolute Gasteiger partial charge is 0.369 e. The van der Waals surface area contributed by atoms with Gasteiger partial charge in [0.2, 0.25) is 0 Å². The number of hydrogen-bond acceptors (Lipinski definition) is 2. The Balaban J connectivity index is 2.83. The Morgan fingerprint density at radius 1 is 1.24 bits per heavy atom. The molecule has 1 atom stereocenters. The van der Waals surface area contributed by atoms with Crippen molar-refractivity contribution in [1.29, 1.82) is 0 Å². The van der Waals surface area contributed by atoms with E-state index in [1.54, 1.807) is 0 Å². The molecule has 0 spiro atoms. The van der Waals surface area contributed by atoms with Gasteiger partial charge in [-0.25, -0.2) is 0 Å². The zero-order valence-corrected chi connectivity index (χ0v) is 11.1. The number of nitrogens with zero attached hydrogens (tertiary/aromatic N) is 1. The molecule has 2 nitrogen and oxygen atoms in total. The van der Waals surface area contributed by atoms with Gasteiger partial charge in [0.25, 0.3) is 0 Å². The Labute approximate surface area is 105 Å². The topological polar surface area (TPSA) is 20.3 Å². The third-order valence-corrected chi connectivity index (χ3v) is 3.24. The van der Waals surface area contributed by atoms with Crippen LogP contribution in [0.4, 0.5) is 5.69 Å². The summed E-state index contributed by atoms with van der Waals surface area (Å²) in [5.41, 5.74) is 1.96. The number of unbranched alkanes of at least 4 members (excludes halogenated alkanes) is 1. The average molecular weight is 233 g/mol. The smallest absolute Gasteiger partial charge is 0.150 e. The maximum Gasteiger partial charge on any atom is 0.150 e. The third-order valence-electron chi connectivity index (χ3n) is 3.24. The van der Waals surface area contributed by atoms with Crippen molar-refractivity contribution < 1.29 is 4.79 Å². The minimum atomic E-state index is 0.545. The van der Waals surface area contributed by atoms with Crippen molar-refractivity contribution in [3.8, 4) is 0 Å². The molecule has 1 unspecified atom stereocenters. The molecular formula is C15H23NO. The summed E-state index contributed by atoms with van der Waals surface area (Å²) < 4.78 is 0. The maximum atomic E-state index is 10.6. The minimum absolute atomic E-state index is 0.545. The fourth-order valence-electron chi connectivity index (χ4n) is 1.90. The van der Waals surface area contributed by atoms with E-state index in [9.17, 15) is 4.79 Å². The summed E-state index contributed by atoms with van der Waals surface area (Å²) in [6, 6.07) is 8.42. The van der Waals surface area contributed by atoms with Crippen molar-refractivity contribution in [2.45, 2.75) is 46.1 Å². The molecule has 0 aliphatic rings. The van der Waals surface area contributed by atoms with Crippen LogP contribution in [-0.2, 0) is 0 Å². The second-order valence-electron chi connectivity index (χ2n) is 4.51. The van der Waals surface area contributed by atoms with Gasteiger partial charge in [0.05, 0.1) is 0 Å². The van der Waals surface area contributed by atoms with Gasteiger partial charge in [0.15, 0.2) is 0 Å². The average Bonchev–Trinajstić information content (AvgIpc) is 2.39. The first-order chi connectivity index (χ1) is 8.22. The van der Waals surface area contributed by atoms with Crippen LogP contribution >= 0.6 is 0 Å². The van der Waals surface area contributed by atoms with Crippen LogP contribution in [0.15, 0.2) is 24.3 Å². The van der Waals surface area contributed by atoms with E-state index in [1.807, 2.05) is 24.3 Å². The van der Waals surface area contributed by atoms with Gasteiger partial charge in [-0.3, -0.25) is 4.79 Å². The Kier molecular flexibility index (Phi) is 5.75. The summed E-state index contributed by atoms with van der Waals surface area (Å²) in [6.45, 7) is 7.77. The van der Waals surface area contributed by atoms with E-state index in [2.05, 4.69) is 25.7 Å². The van der Waals surface area contributed by atoms with Crippen molar-refractivity contribution in [3.05, 3.63) is 29.8 Å². The van der Waals surface area contributed by atoms with Crippen LogP contribution in [0, 0.1) is 0 Å². The molecule has 0 heterocycles. The number of benzene rings is 1. The molecule has 0 saturated heterocycles. The van der Waals surface area contributed by atoms with Crippen LogP contribution in [-0.4, -0.2) is 18.9 Å². The molecule has 94 valence electrons. The van der Waals surface area contributed by atoms with Crippen LogP contribution in [0.1, 0.15) is 50.4 Å². The van der Waals surface area contributed by atoms with Crippen molar-refractivity contribution in [2.75, 3.05) is 11.4 Å². The second kappa shape index (κ2) is 7.10. The van der Waals surface area contributed by atoms with E-state index in [0.29, 0.717) is 6.04 Å². The number of carbonyl (C=O) groups is 1. The Morgan fingerprint density at radius 3 is 2.35 bits per heavy atom. The molecule has 0 aromatic heterocycles. The Hall–Kier alpha value is -1.31. The van der Waals surface area contributed by atoms with Crippen LogP contribution in [0.3, 0.4) is 0 Å². The molecule has 0 fully saturated rings. The van der Waals surface area contributed by atoms with Crippen molar-refractivity contribution in [3.63, 3.8) is 0 Å². The molecule has 0 N–H and O–H groups in total. The van der Waals surface area contributed by atoms with Gasteiger partial charge in [-0.15, -0.1) is 0 Å². The van der Waals surface area contributed by atoms with Crippen LogP contribution in [0.2, 0.25) is 0 Å². The van der Waals surface area contributed by atoms with Crippen molar-refractivity contribution >= 4 is 12.0 Å². The lowest BCUT2D eigenvalue weighted by Crippen LogP contribution is -2.33. The molecule has 0 saturated carbocycles. The van der Waals surface area contributed by atoms with Gasteiger partial charge in [0, 0.05) is 23.8 Å². The molecule has 2 heteroatoms. The summed E-state index contributed by atoms with van der Waals surface area (Å²) in [7, 11) is 0. The SMILES string of the molecule is CCCCN(c1ccc(C=O)cc1)C(C)CC. The lowest BCUT2D eigenvalue weighted by molar-refractivity contribution is 0.112. The van der Waals surface area contributed by atoms with Gasteiger partial charge in [-0.2, -0.15) is 0 Å². The molecule has 1 aromatic rings. The first-order valence-corrected chi connectivity index (χ1v) is 6.54. The standard InChI is InChI=1S/C15H23NO/c1-4-6-11-16(13(3)5-2)15-9-7-14(12-17)8-10-15/h7-10,12-13H,4-6,11H2,1-3H3. The molecule has 0 bridgehead atoms. The first kappa shape index (κ1) is 13.8. The zero-order valence-electron chi connectivity index (χ0n) is 11.1. The number of anilines is 1. The number of aldehydes is 1. The quantitative estimate of drug-likeness (QED) is 0.666. The normalized spacial score (nSPS) is 12.2. The van der Waals surface area contributed by atoms with Crippen molar-refractivity contribution in [2.24, 2.45) is 0 Å².